The summed E-state index contributed by atoms with van der Waals surface area (Å²) >= 11 is 0. The number of hydrogen-bond acceptors (Lipinski definition) is 5. The second kappa shape index (κ2) is 6.55. The highest BCUT2D eigenvalue weighted by Gasteiger charge is 2.42. The molecule has 25 heavy (non-hydrogen) atoms. The SMILES string of the molecule is NC1(n2cc([C@@H](NC(=O)c3cccnc3)C3CCCCC3)nn2)CC1. The second-order valence-electron chi connectivity index (χ2n) is 7.28. The van der Waals surface area contributed by atoms with E-state index >= 15 is 0 Å². The van der Waals surface area contributed by atoms with E-state index in [9.17, 15) is 4.79 Å². The van der Waals surface area contributed by atoms with Gasteiger partial charge in [-0.3, -0.25) is 9.78 Å². The van der Waals surface area contributed by atoms with Crippen LogP contribution < -0.4 is 11.1 Å². The zero-order valence-electron chi connectivity index (χ0n) is 14.3. The highest BCUT2D eigenvalue weighted by atomic mass is 16.1. The van der Waals surface area contributed by atoms with Crippen molar-refractivity contribution in [3.63, 3.8) is 0 Å². The van der Waals surface area contributed by atoms with Gasteiger partial charge in [-0.1, -0.05) is 24.5 Å². The van der Waals surface area contributed by atoms with Crippen molar-refractivity contribution in [2.24, 2.45) is 11.7 Å². The average molecular weight is 340 g/mol. The Bertz CT molecular complexity index is 733. The van der Waals surface area contributed by atoms with Crippen LogP contribution in [0.2, 0.25) is 0 Å². The standard InChI is InChI=1S/C18H24N6O/c19-18(8-9-18)24-12-15(22-23-24)16(13-5-2-1-3-6-13)21-17(25)14-7-4-10-20-11-14/h4,7,10-13,16H,1-3,5-6,8-9,19H2,(H,21,25)/t16-/m0/s1. The van der Waals surface area contributed by atoms with E-state index in [1.165, 1.54) is 19.3 Å². The topological polar surface area (TPSA) is 98.7 Å². The van der Waals surface area contributed by atoms with Crippen LogP contribution in [0, 0.1) is 5.92 Å². The van der Waals surface area contributed by atoms with Crippen LogP contribution in [0.15, 0.2) is 30.7 Å². The number of nitrogens with one attached hydrogen (secondary N) is 1. The largest absolute Gasteiger partial charge is 0.343 e. The summed E-state index contributed by atoms with van der Waals surface area (Å²) in [5.41, 5.74) is 7.21. The summed E-state index contributed by atoms with van der Waals surface area (Å²) in [5, 5.41) is 11.7. The Hall–Kier alpha value is -2.28. The number of carbonyl (C=O) groups excluding carboxylic acids is 1. The number of nitrogens with zero attached hydrogens (tertiary/aromatic N) is 4. The minimum absolute atomic E-state index is 0.118. The summed E-state index contributed by atoms with van der Waals surface area (Å²) in [7, 11) is 0. The summed E-state index contributed by atoms with van der Waals surface area (Å²) in [5.74, 6) is 0.263. The van der Waals surface area contributed by atoms with Crippen molar-refractivity contribution in [3.05, 3.63) is 42.0 Å². The number of nitrogens with two attached hydrogens (primary N) is 1. The molecule has 3 N–H and O–H groups in total. The molecular weight excluding hydrogens is 316 g/mol. The molecule has 7 nitrogen and oxygen atoms in total. The number of carbonyl (C=O) groups is 1. The normalized spacial score (nSPS) is 20.8. The molecule has 1 atom stereocenters. The van der Waals surface area contributed by atoms with E-state index < -0.39 is 0 Å². The van der Waals surface area contributed by atoms with E-state index in [1.54, 1.807) is 29.2 Å². The summed E-state index contributed by atoms with van der Waals surface area (Å²) in [6.07, 6.45) is 12.8. The van der Waals surface area contributed by atoms with Crippen LogP contribution in [0.5, 0.6) is 0 Å². The molecule has 2 aromatic heterocycles. The Labute approximate surface area is 147 Å². The van der Waals surface area contributed by atoms with E-state index in [0.717, 1.165) is 31.4 Å². The van der Waals surface area contributed by atoms with Gasteiger partial charge in [0.25, 0.3) is 5.91 Å². The molecule has 2 aliphatic carbocycles. The maximum atomic E-state index is 12.7. The van der Waals surface area contributed by atoms with Crippen molar-refractivity contribution >= 4 is 5.91 Å². The molecule has 0 bridgehead atoms. The number of pyridine rings is 1. The quantitative estimate of drug-likeness (QED) is 0.869. The highest BCUT2D eigenvalue weighted by molar-refractivity contribution is 5.94. The Morgan fingerprint density at radius 1 is 1.32 bits per heavy atom. The highest BCUT2D eigenvalue weighted by Crippen LogP contribution is 2.38. The molecule has 2 saturated carbocycles. The Morgan fingerprint density at radius 2 is 2.12 bits per heavy atom. The van der Waals surface area contributed by atoms with E-state index in [2.05, 4.69) is 20.6 Å². The first-order valence-corrected chi connectivity index (χ1v) is 9.08. The van der Waals surface area contributed by atoms with Crippen molar-refractivity contribution in [1.82, 2.24) is 25.3 Å². The Morgan fingerprint density at radius 3 is 2.80 bits per heavy atom. The van der Waals surface area contributed by atoms with Crippen molar-refractivity contribution in [2.45, 2.75) is 56.7 Å². The summed E-state index contributed by atoms with van der Waals surface area (Å²) in [6, 6.07) is 3.41. The van der Waals surface area contributed by atoms with Crippen LogP contribution in [0.25, 0.3) is 0 Å². The first-order chi connectivity index (χ1) is 12.2. The van der Waals surface area contributed by atoms with Crippen LogP contribution in [-0.2, 0) is 5.66 Å². The van der Waals surface area contributed by atoms with Gasteiger partial charge in [-0.15, -0.1) is 5.10 Å². The van der Waals surface area contributed by atoms with E-state index in [1.807, 2.05) is 6.20 Å². The molecule has 2 fully saturated rings. The number of amides is 1. The molecule has 7 heteroatoms. The van der Waals surface area contributed by atoms with Gasteiger partial charge in [0.15, 0.2) is 0 Å². The lowest BCUT2D eigenvalue weighted by atomic mass is 9.82. The molecular formula is C18H24N6O. The molecule has 0 unspecified atom stereocenters. The van der Waals surface area contributed by atoms with Crippen molar-refractivity contribution < 1.29 is 4.79 Å². The van der Waals surface area contributed by atoms with Gasteiger partial charge in [-0.25, -0.2) is 4.68 Å². The van der Waals surface area contributed by atoms with Gasteiger partial charge in [0.2, 0.25) is 0 Å². The molecule has 0 radical (unpaired) electrons. The average Bonchev–Trinajstić information content (AvgIpc) is 3.21. The van der Waals surface area contributed by atoms with Crippen molar-refractivity contribution in [1.29, 1.82) is 0 Å². The van der Waals surface area contributed by atoms with Gasteiger partial charge >= 0.3 is 0 Å². The van der Waals surface area contributed by atoms with E-state index in [-0.39, 0.29) is 17.6 Å². The predicted octanol–water partition coefficient (Wildman–Crippen LogP) is 2.13. The number of rotatable bonds is 5. The molecule has 4 rings (SSSR count). The van der Waals surface area contributed by atoms with E-state index in [4.69, 9.17) is 5.73 Å². The van der Waals surface area contributed by atoms with E-state index in [0.29, 0.717) is 11.5 Å². The Kier molecular flexibility index (Phi) is 4.25. The zero-order valence-corrected chi connectivity index (χ0v) is 14.3. The van der Waals surface area contributed by atoms with Crippen molar-refractivity contribution in [3.8, 4) is 0 Å². The lowest BCUT2D eigenvalue weighted by Crippen LogP contribution is -2.35. The van der Waals surface area contributed by atoms with Crippen LogP contribution >= 0.6 is 0 Å². The zero-order chi connectivity index (χ0) is 17.3. The number of hydrogen-bond donors (Lipinski definition) is 2. The lowest BCUT2D eigenvalue weighted by Gasteiger charge is -2.29. The first kappa shape index (κ1) is 16.2. The maximum Gasteiger partial charge on any atom is 0.253 e. The third kappa shape index (κ3) is 3.42. The smallest absolute Gasteiger partial charge is 0.253 e. The van der Waals surface area contributed by atoms with Crippen LogP contribution in [0.1, 0.15) is 67.0 Å². The Balaban J connectivity index is 1.57. The van der Waals surface area contributed by atoms with Gasteiger partial charge in [0, 0.05) is 12.4 Å². The summed E-state index contributed by atoms with van der Waals surface area (Å²) < 4.78 is 1.76. The molecule has 2 heterocycles. The second-order valence-corrected chi connectivity index (χ2v) is 7.28. The molecule has 0 aliphatic heterocycles. The molecule has 2 aliphatic rings. The fourth-order valence-corrected chi connectivity index (χ4v) is 3.62. The minimum Gasteiger partial charge on any atom is -0.343 e. The fraction of sp³-hybridized carbons (Fsp3) is 0.556. The molecule has 132 valence electrons. The summed E-state index contributed by atoms with van der Waals surface area (Å²) in [4.78, 5) is 16.7. The predicted molar refractivity (Wildman–Crippen MR) is 92.4 cm³/mol. The molecule has 0 saturated heterocycles. The lowest BCUT2D eigenvalue weighted by molar-refractivity contribution is 0.0910. The first-order valence-electron chi connectivity index (χ1n) is 9.08. The van der Waals surface area contributed by atoms with Crippen LogP contribution in [0.3, 0.4) is 0 Å². The summed E-state index contributed by atoms with van der Waals surface area (Å²) in [6.45, 7) is 0. The van der Waals surface area contributed by atoms with Gasteiger partial charge in [-0.05, 0) is 43.7 Å². The van der Waals surface area contributed by atoms with Gasteiger partial charge in [0.1, 0.15) is 11.4 Å². The van der Waals surface area contributed by atoms with Crippen LogP contribution in [0.4, 0.5) is 0 Å². The monoisotopic (exact) mass is 340 g/mol. The number of aromatic nitrogens is 4. The van der Waals surface area contributed by atoms with Gasteiger partial charge < -0.3 is 11.1 Å². The van der Waals surface area contributed by atoms with Crippen LogP contribution in [-0.4, -0.2) is 25.9 Å². The van der Waals surface area contributed by atoms with Gasteiger partial charge in [0.05, 0.1) is 17.8 Å². The van der Waals surface area contributed by atoms with Crippen molar-refractivity contribution in [2.75, 3.05) is 0 Å². The third-order valence-electron chi connectivity index (χ3n) is 5.38. The fourth-order valence-electron chi connectivity index (χ4n) is 3.62. The van der Waals surface area contributed by atoms with Gasteiger partial charge in [-0.2, -0.15) is 0 Å². The minimum atomic E-state index is -0.379. The molecule has 0 aromatic carbocycles. The molecule has 1 amide bonds. The maximum absolute atomic E-state index is 12.7. The molecule has 2 aromatic rings. The molecule has 0 spiro atoms. The third-order valence-corrected chi connectivity index (χ3v) is 5.38.